The molecule has 1 aliphatic rings. The summed E-state index contributed by atoms with van der Waals surface area (Å²) >= 11 is 1.99. The van der Waals surface area contributed by atoms with Crippen LogP contribution in [0.2, 0.25) is 0 Å². The van der Waals surface area contributed by atoms with E-state index in [1.165, 1.54) is 30.6 Å². The van der Waals surface area contributed by atoms with Crippen LogP contribution in [0, 0.1) is 0 Å². The van der Waals surface area contributed by atoms with Crippen molar-refractivity contribution in [3.63, 3.8) is 0 Å². The normalized spacial score (nSPS) is 24.6. The van der Waals surface area contributed by atoms with E-state index in [-0.39, 0.29) is 0 Å². The molecule has 17 heavy (non-hydrogen) atoms. The molecule has 0 aliphatic heterocycles. The van der Waals surface area contributed by atoms with Gasteiger partial charge in [0.05, 0.1) is 7.11 Å². The van der Waals surface area contributed by atoms with E-state index in [9.17, 15) is 0 Å². The molecule has 1 aromatic rings. The fourth-order valence-electron chi connectivity index (χ4n) is 2.38. The van der Waals surface area contributed by atoms with E-state index in [0.717, 1.165) is 11.0 Å². The number of nitrogens with one attached hydrogen (secondary N) is 1. The van der Waals surface area contributed by atoms with Gasteiger partial charge < -0.3 is 10.1 Å². The fraction of sp³-hybridized carbons (Fsp3) is 0.571. The third-order valence-corrected chi connectivity index (χ3v) is 4.67. The van der Waals surface area contributed by atoms with Crippen LogP contribution in [0.15, 0.2) is 29.2 Å². The Morgan fingerprint density at radius 1 is 1.35 bits per heavy atom. The second-order valence-electron chi connectivity index (χ2n) is 4.57. The number of methoxy groups -OCH3 is 1. The van der Waals surface area contributed by atoms with E-state index < -0.39 is 0 Å². The number of ether oxygens (including phenoxy) is 1. The maximum absolute atomic E-state index is 5.26. The van der Waals surface area contributed by atoms with Crippen molar-refractivity contribution in [1.82, 2.24) is 5.32 Å². The molecular weight excluding hydrogens is 230 g/mol. The van der Waals surface area contributed by atoms with Crippen molar-refractivity contribution < 1.29 is 4.74 Å². The van der Waals surface area contributed by atoms with Crippen molar-refractivity contribution in [3.8, 4) is 5.75 Å². The molecule has 0 aromatic heterocycles. The molecule has 0 spiro atoms. The molecular formula is C14H21NOS. The first-order valence-corrected chi connectivity index (χ1v) is 7.17. The first-order chi connectivity index (χ1) is 8.31. The highest BCUT2D eigenvalue weighted by molar-refractivity contribution is 8.00. The van der Waals surface area contributed by atoms with Crippen LogP contribution >= 0.6 is 11.8 Å². The molecule has 2 atom stereocenters. The summed E-state index contributed by atoms with van der Waals surface area (Å²) < 4.78 is 5.26. The van der Waals surface area contributed by atoms with Crippen LogP contribution in [0.1, 0.15) is 25.7 Å². The molecule has 1 N–H and O–H groups in total. The largest absolute Gasteiger partial charge is 0.497 e. The highest BCUT2D eigenvalue weighted by atomic mass is 32.2. The number of hydrogen-bond donors (Lipinski definition) is 1. The third kappa shape index (κ3) is 3.65. The molecule has 2 unspecified atom stereocenters. The van der Waals surface area contributed by atoms with E-state index in [1.54, 1.807) is 7.11 Å². The molecule has 0 radical (unpaired) electrons. The predicted octanol–water partition coefficient (Wildman–Crippen LogP) is 3.32. The Balaban J connectivity index is 1.95. The zero-order valence-electron chi connectivity index (χ0n) is 10.6. The van der Waals surface area contributed by atoms with Gasteiger partial charge in [0.2, 0.25) is 0 Å². The van der Waals surface area contributed by atoms with Crippen LogP contribution in [-0.2, 0) is 0 Å². The second kappa shape index (κ2) is 6.31. The highest BCUT2D eigenvalue weighted by Crippen LogP contribution is 2.34. The zero-order chi connectivity index (χ0) is 12.1. The van der Waals surface area contributed by atoms with Gasteiger partial charge >= 0.3 is 0 Å². The first kappa shape index (κ1) is 12.8. The molecule has 0 amide bonds. The van der Waals surface area contributed by atoms with Gasteiger partial charge in [-0.1, -0.05) is 12.5 Å². The summed E-state index contributed by atoms with van der Waals surface area (Å²) in [5.41, 5.74) is 0. The second-order valence-corrected chi connectivity index (χ2v) is 5.94. The monoisotopic (exact) mass is 251 g/mol. The SMILES string of the molecule is CNC1CCCC(Sc2cccc(OC)c2)C1. The van der Waals surface area contributed by atoms with Crippen LogP contribution in [0.25, 0.3) is 0 Å². The van der Waals surface area contributed by atoms with Crippen molar-refractivity contribution in [1.29, 1.82) is 0 Å². The lowest BCUT2D eigenvalue weighted by molar-refractivity contribution is 0.402. The topological polar surface area (TPSA) is 21.3 Å². The molecule has 0 saturated heterocycles. The Bertz CT molecular complexity index is 356. The summed E-state index contributed by atoms with van der Waals surface area (Å²) in [6.45, 7) is 0. The summed E-state index contributed by atoms with van der Waals surface area (Å²) in [6, 6.07) is 9.08. The van der Waals surface area contributed by atoms with Crippen molar-refractivity contribution >= 4 is 11.8 Å². The molecule has 0 heterocycles. The molecule has 2 rings (SSSR count). The lowest BCUT2D eigenvalue weighted by Gasteiger charge is -2.28. The predicted molar refractivity (Wildman–Crippen MR) is 74.0 cm³/mol. The van der Waals surface area contributed by atoms with Crippen LogP contribution in [-0.4, -0.2) is 25.4 Å². The minimum Gasteiger partial charge on any atom is -0.497 e. The van der Waals surface area contributed by atoms with Gasteiger partial charge in [-0.05, 0) is 44.5 Å². The van der Waals surface area contributed by atoms with Gasteiger partial charge in [-0.15, -0.1) is 11.8 Å². The summed E-state index contributed by atoms with van der Waals surface area (Å²) in [7, 11) is 3.80. The molecule has 3 heteroatoms. The fourth-order valence-corrected chi connectivity index (χ4v) is 3.72. The van der Waals surface area contributed by atoms with Crippen molar-refractivity contribution in [2.24, 2.45) is 0 Å². The maximum Gasteiger partial charge on any atom is 0.119 e. The Morgan fingerprint density at radius 3 is 3.00 bits per heavy atom. The molecule has 1 fully saturated rings. The number of benzene rings is 1. The summed E-state index contributed by atoms with van der Waals surface area (Å²) in [6.07, 6.45) is 5.28. The third-order valence-electron chi connectivity index (χ3n) is 3.38. The van der Waals surface area contributed by atoms with E-state index in [1.807, 2.05) is 17.8 Å². The summed E-state index contributed by atoms with van der Waals surface area (Å²) in [4.78, 5) is 1.33. The average molecular weight is 251 g/mol. The Morgan fingerprint density at radius 2 is 2.24 bits per heavy atom. The van der Waals surface area contributed by atoms with Gasteiger partial charge in [0.15, 0.2) is 0 Å². The summed E-state index contributed by atoms with van der Waals surface area (Å²) in [5, 5.41) is 4.15. The van der Waals surface area contributed by atoms with Gasteiger partial charge in [0, 0.05) is 16.2 Å². The van der Waals surface area contributed by atoms with Gasteiger partial charge in [-0.3, -0.25) is 0 Å². The molecule has 1 saturated carbocycles. The van der Waals surface area contributed by atoms with Gasteiger partial charge in [0.1, 0.15) is 5.75 Å². The average Bonchev–Trinajstić information content (AvgIpc) is 2.39. The Hall–Kier alpha value is -0.670. The van der Waals surface area contributed by atoms with Crippen molar-refractivity contribution in [3.05, 3.63) is 24.3 Å². The van der Waals surface area contributed by atoms with E-state index >= 15 is 0 Å². The number of thioether (sulfide) groups is 1. The highest BCUT2D eigenvalue weighted by Gasteiger charge is 2.21. The minimum atomic E-state index is 0.701. The van der Waals surface area contributed by atoms with Crippen molar-refractivity contribution in [2.45, 2.75) is 41.9 Å². The Kier molecular flexibility index (Phi) is 4.75. The Labute approximate surface area is 108 Å². The lowest BCUT2D eigenvalue weighted by Crippen LogP contribution is -2.32. The smallest absolute Gasteiger partial charge is 0.119 e. The van der Waals surface area contributed by atoms with E-state index in [2.05, 4.69) is 30.6 Å². The molecule has 2 nitrogen and oxygen atoms in total. The lowest BCUT2D eigenvalue weighted by atomic mass is 9.95. The molecule has 0 bridgehead atoms. The van der Waals surface area contributed by atoms with Crippen LogP contribution in [0.3, 0.4) is 0 Å². The number of hydrogen-bond acceptors (Lipinski definition) is 3. The van der Waals surface area contributed by atoms with Gasteiger partial charge in [-0.25, -0.2) is 0 Å². The van der Waals surface area contributed by atoms with Crippen LogP contribution in [0.5, 0.6) is 5.75 Å². The first-order valence-electron chi connectivity index (χ1n) is 6.30. The van der Waals surface area contributed by atoms with Gasteiger partial charge in [-0.2, -0.15) is 0 Å². The maximum atomic E-state index is 5.26. The molecule has 1 aromatic carbocycles. The van der Waals surface area contributed by atoms with Crippen LogP contribution < -0.4 is 10.1 Å². The minimum absolute atomic E-state index is 0.701. The number of rotatable bonds is 4. The quantitative estimate of drug-likeness (QED) is 0.887. The standard InChI is InChI=1S/C14H21NOS/c1-15-11-5-3-7-13(9-11)17-14-8-4-6-12(10-14)16-2/h4,6,8,10-11,13,15H,3,5,7,9H2,1-2H3. The summed E-state index contributed by atoms with van der Waals surface area (Å²) in [5.74, 6) is 0.955. The van der Waals surface area contributed by atoms with E-state index in [0.29, 0.717) is 6.04 Å². The van der Waals surface area contributed by atoms with E-state index in [4.69, 9.17) is 4.74 Å². The van der Waals surface area contributed by atoms with Crippen LogP contribution in [0.4, 0.5) is 0 Å². The molecule has 94 valence electrons. The molecule has 1 aliphatic carbocycles. The zero-order valence-corrected chi connectivity index (χ0v) is 11.4. The van der Waals surface area contributed by atoms with Crippen molar-refractivity contribution in [2.75, 3.05) is 14.2 Å². The van der Waals surface area contributed by atoms with Gasteiger partial charge in [0.25, 0.3) is 0 Å².